The van der Waals surface area contributed by atoms with Crippen molar-refractivity contribution in [2.24, 2.45) is 16.9 Å². The van der Waals surface area contributed by atoms with Crippen LogP contribution >= 0.6 is 0 Å². The lowest BCUT2D eigenvalue weighted by Crippen LogP contribution is -2.35. The second kappa shape index (κ2) is 7.04. The summed E-state index contributed by atoms with van der Waals surface area (Å²) in [6, 6.07) is 14.3. The normalized spacial score (nSPS) is 23.7. The summed E-state index contributed by atoms with van der Waals surface area (Å²) in [5.74, 6) is 0.958. The maximum Gasteiger partial charge on any atom is 0.243 e. The predicted molar refractivity (Wildman–Crippen MR) is 112 cm³/mol. The molecule has 3 aromatic rings. The Bertz CT molecular complexity index is 1140. The fourth-order valence-corrected chi connectivity index (χ4v) is 4.32. The molecule has 1 aromatic heterocycles. The van der Waals surface area contributed by atoms with Crippen LogP contribution in [0, 0.1) is 11.8 Å². The van der Waals surface area contributed by atoms with Gasteiger partial charge in [0.1, 0.15) is 5.52 Å². The zero-order valence-corrected chi connectivity index (χ0v) is 16.5. The van der Waals surface area contributed by atoms with Gasteiger partial charge in [-0.2, -0.15) is 5.10 Å². The number of nitrogens with one attached hydrogen (secondary N) is 1. The molecule has 7 nitrogen and oxygen atoms in total. The number of carbonyl (C=O) groups excluding carboxylic acids is 1. The van der Waals surface area contributed by atoms with Crippen LogP contribution in [0.3, 0.4) is 0 Å². The molecule has 2 atom stereocenters. The molecule has 1 amide bonds. The summed E-state index contributed by atoms with van der Waals surface area (Å²) in [5, 5.41) is 4.28. The average Bonchev–Trinajstić information content (AvgIpc) is 3.48. The summed E-state index contributed by atoms with van der Waals surface area (Å²) in [6.45, 7) is 4.51. The smallest absolute Gasteiger partial charge is 0.243 e. The van der Waals surface area contributed by atoms with Crippen LogP contribution in [0.15, 0.2) is 52.0 Å². The van der Waals surface area contributed by atoms with Crippen molar-refractivity contribution >= 4 is 22.7 Å². The van der Waals surface area contributed by atoms with Crippen LogP contribution in [-0.4, -0.2) is 47.8 Å². The zero-order chi connectivity index (χ0) is 20.1. The first kappa shape index (κ1) is 17.8. The summed E-state index contributed by atoms with van der Waals surface area (Å²) < 4.78 is 11.5. The molecule has 0 radical (unpaired) electrons. The number of hydrogen-bond donors (Lipinski definition) is 1. The minimum atomic E-state index is 0.0313. The van der Waals surface area contributed by atoms with Crippen LogP contribution in [0.2, 0.25) is 0 Å². The topological polar surface area (TPSA) is 80.0 Å². The highest BCUT2D eigenvalue weighted by Crippen LogP contribution is 2.43. The Labute approximate surface area is 173 Å². The van der Waals surface area contributed by atoms with Gasteiger partial charge in [0.15, 0.2) is 5.58 Å². The van der Waals surface area contributed by atoms with Crippen molar-refractivity contribution in [3.63, 3.8) is 0 Å². The lowest BCUT2D eigenvalue weighted by atomic mass is 10.0. The van der Waals surface area contributed by atoms with Gasteiger partial charge in [0.05, 0.1) is 18.9 Å². The summed E-state index contributed by atoms with van der Waals surface area (Å²) in [5.41, 5.74) is 8.34. The van der Waals surface area contributed by atoms with E-state index in [1.807, 2.05) is 18.2 Å². The molecule has 2 aromatic carbocycles. The lowest BCUT2D eigenvalue weighted by Gasteiger charge is -2.26. The van der Waals surface area contributed by atoms with Gasteiger partial charge in [-0.25, -0.2) is 10.4 Å². The van der Waals surface area contributed by atoms with Crippen LogP contribution in [0.1, 0.15) is 17.5 Å². The minimum Gasteiger partial charge on any atom is -0.436 e. The van der Waals surface area contributed by atoms with E-state index < -0.39 is 0 Å². The molecule has 1 unspecified atom stereocenters. The molecular formula is C23H22N4O3. The summed E-state index contributed by atoms with van der Waals surface area (Å²) in [7, 11) is 0. The first-order valence-electron chi connectivity index (χ1n) is 10.4. The molecule has 1 saturated carbocycles. The number of hydrogen-bond acceptors (Lipinski definition) is 6. The number of aromatic nitrogens is 1. The number of rotatable bonds is 4. The third-order valence-electron chi connectivity index (χ3n) is 6.16. The number of hydrazone groups is 1. The Hall–Kier alpha value is -3.03. The van der Waals surface area contributed by atoms with Gasteiger partial charge < -0.3 is 9.15 Å². The Morgan fingerprint density at radius 1 is 1.03 bits per heavy atom. The van der Waals surface area contributed by atoms with Crippen molar-refractivity contribution in [1.82, 2.24) is 15.3 Å². The SMILES string of the molecule is O=C1NN=C(c2ccc3nc(-c4ccc(CN5CCOCC5)cc4)oc3c2)C2C[C@@H]12. The van der Waals surface area contributed by atoms with Crippen LogP contribution in [-0.2, 0) is 16.1 Å². The number of carbonyl (C=O) groups is 1. The number of amides is 1. The molecule has 7 heteroatoms. The molecule has 6 rings (SSSR count). The Morgan fingerprint density at radius 3 is 2.67 bits per heavy atom. The van der Waals surface area contributed by atoms with E-state index in [0.29, 0.717) is 5.89 Å². The molecular weight excluding hydrogens is 380 g/mol. The van der Waals surface area contributed by atoms with Gasteiger partial charge in [-0.3, -0.25) is 9.69 Å². The summed E-state index contributed by atoms with van der Waals surface area (Å²) in [6.07, 6.45) is 0.876. The summed E-state index contributed by atoms with van der Waals surface area (Å²) in [4.78, 5) is 18.7. The van der Waals surface area contributed by atoms with Gasteiger partial charge in [0.2, 0.25) is 11.8 Å². The van der Waals surface area contributed by atoms with Crippen molar-refractivity contribution in [2.45, 2.75) is 13.0 Å². The fraction of sp³-hybridized carbons (Fsp3) is 0.348. The quantitative estimate of drug-likeness (QED) is 0.726. The third-order valence-corrected chi connectivity index (χ3v) is 6.16. The van der Waals surface area contributed by atoms with E-state index in [4.69, 9.17) is 9.15 Å². The average molecular weight is 402 g/mol. The van der Waals surface area contributed by atoms with Gasteiger partial charge in [-0.15, -0.1) is 0 Å². The predicted octanol–water partition coefficient (Wildman–Crippen LogP) is 2.80. The largest absolute Gasteiger partial charge is 0.436 e. The van der Waals surface area contributed by atoms with E-state index in [2.05, 4.69) is 44.7 Å². The fourth-order valence-electron chi connectivity index (χ4n) is 4.32. The molecule has 3 aliphatic rings. The molecule has 2 aliphatic heterocycles. The van der Waals surface area contributed by atoms with Crippen molar-refractivity contribution in [3.8, 4) is 11.5 Å². The Kier molecular flexibility index (Phi) is 4.17. The first-order chi connectivity index (χ1) is 14.7. The van der Waals surface area contributed by atoms with Crippen LogP contribution in [0.25, 0.3) is 22.6 Å². The number of oxazole rings is 1. The maximum absolute atomic E-state index is 11.7. The van der Waals surface area contributed by atoms with Crippen LogP contribution in [0.5, 0.6) is 0 Å². The molecule has 152 valence electrons. The van der Waals surface area contributed by atoms with Gasteiger partial charge in [0.25, 0.3) is 0 Å². The highest BCUT2D eigenvalue weighted by Gasteiger charge is 2.49. The monoisotopic (exact) mass is 402 g/mol. The maximum atomic E-state index is 11.7. The molecule has 1 aliphatic carbocycles. The Morgan fingerprint density at radius 2 is 1.83 bits per heavy atom. The minimum absolute atomic E-state index is 0.0313. The highest BCUT2D eigenvalue weighted by atomic mass is 16.5. The molecule has 30 heavy (non-hydrogen) atoms. The summed E-state index contributed by atoms with van der Waals surface area (Å²) >= 11 is 0. The molecule has 2 fully saturated rings. The van der Waals surface area contributed by atoms with Gasteiger partial charge in [-0.05, 0) is 36.2 Å². The van der Waals surface area contributed by atoms with E-state index in [1.54, 1.807) is 0 Å². The number of nitrogens with zero attached hydrogens (tertiary/aromatic N) is 3. The van der Waals surface area contributed by atoms with Crippen LogP contribution < -0.4 is 5.43 Å². The molecule has 3 heterocycles. The van der Waals surface area contributed by atoms with Crippen molar-refractivity contribution in [3.05, 3.63) is 53.6 Å². The van der Waals surface area contributed by atoms with Crippen molar-refractivity contribution < 1.29 is 13.9 Å². The molecule has 0 spiro atoms. The van der Waals surface area contributed by atoms with E-state index in [1.165, 1.54) is 5.56 Å². The second-order valence-corrected chi connectivity index (χ2v) is 8.21. The molecule has 1 saturated heterocycles. The number of morpholine rings is 1. The number of benzene rings is 2. The second-order valence-electron chi connectivity index (χ2n) is 8.21. The zero-order valence-electron chi connectivity index (χ0n) is 16.5. The van der Waals surface area contributed by atoms with E-state index in [0.717, 1.165) is 67.2 Å². The lowest BCUT2D eigenvalue weighted by molar-refractivity contribution is -0.122. The Balaban J connectivity index is 1.23. The number of ether oxygens (including phenoxy) is 1. The van der Waals surface area contributed by atoms with Crippen molar-refractivity contribution in [1.29, 1.82) is 0 Å². The molecule has 1 N–H and O–H groups in total. The standard InChI is InChI=1S/C23H22N4O3/c28-22-18-12-17(18)21(25-26-22)16-5-6-19-20(11-16)30-23(24-19)15-3-1-14(2-4-15)13-27-7-9-29-10-8-27/h1-6,11,17-18H,7-10,12-13H2,(H,26,28)/t17?,18-/m1/s1. The highest BCUT2D eigenvalue weighted by molar-refractivity contribution is 6.10. The van der Waals surface area contributed by atoms with E-state index in [9.17, 15) is 4.79 Å². The van der Waals surface area contributed by atoms with E-state index in [-0.39, 0.29) is 17.7 Å². The van der Waals surface area contributed by atoms with E-state index >= 15 is 0 Å². The number of fused-ring (bicyclic) bond motifs is 2. The third kappa shape index (κ3) is 3.20. The van der Waals surface area contributed by atoms with Crippen molar-refractivity contribution in [2.75, 3.05) is 26.3 Å². The van der Waals surface area contributed by atoms with Gasteiger partial charge in [-0.1, -0.05) is 18.2 Å². The van der Waals surface area contributed by atoms with Gasteiger partial charge in [0, 0.05) is 42.6 Å². The molecule has 0 bridgehead atoms. The first-order valence-corrected chi connectivity index (χ1v) is 10.4. The van der Waals surface area contributed by atoms with Crippen LogP contribution in [0.4, 0.5) is 0 Å². The van der Waals surface area contributed by atoms with Gasteiger partial charge >= 0.3 is 0 Å².